The van der Waals surface area contributed by atoms with Crippen molar-refractivity contribution in [2.75, 3.05) is 0 Å². The highest BCUT2D eigenvalue weighted by Crippen LogP contribution is 2.51. The Kier molecular flexibility index (Phi) is 9.00. The van der Waals surface area contributed by atoms with E-state index in [1.165, 1.54) is 0 Å². The number of rotatable bonds is 6. The maximum absolute atomic E-state index is 9.53. The minimum absolute atomic E-state index is 0.395. The van der Waals surface area contributed by atoms with Crippen LogP contribution in [0.4, 0.5) is 5.69 Å². The molecule has 17 rings (SSSR count). The van der Waals surface area contributed by atoms with Gasteiger partial charge in [0.25, 0.3) is 0 Å². The number of furan rings is 2. The van der Waals surface area contributed by atoms with Gasteiger partial charge >= 0.3 is 0 Å². The summed E-state index contributed by atoms with van der Waals surface area (Å²) >= 11 is 0. The number of benzene rings is 11. The number of hydrogen-bond acceptors (Lipinski definition) is 5. The van der Waals surface area contributed by atoms with Gasteiger partial charge in [-0.3, -0.25) is 0 Å². The van der Waals surface area contributed by atoms with Gasteiger partial charge in [0.2, 0.25) is 5.69 Å². The van der Waals surface area contributed by atoms with E-state index in [0.717, 1.165) is 132 Å². The first-order chi connectivity index (χ1) is 39.2. The van der Waals surface area contributed by atoms with Gasteiger partial charge in [0, 0.05) is 59.8 Å². The van der Waals surface area contributed by atoms with E-state index in [-0.39, 0.29) is 0 Å². The first-order valence-corrected chi connectivity index (χ1v) is 26.3. The number of hydrogen-bond donors (Lipinski definition) is 0. The van der Waals surface area contributed by atoms with Crippen LogP contribution in [0.2, 0.25) is 0 Å². The summed E-state index contributed by atoms with van der Waals surface area (Å²) in [5.74, 6) is 1.42. The van der Waals surface area contributed by atoms with Crippen molar-refractivity contribution < 1.29 is 8.83 Å². The average molecular weight is 1010 g/mol. The Morgan fingerprint density at radius 3 is 1.18 bits per heavy atom. The van der Waals surface area contributed by atoms with Crippen molar-refractivity contribution in [3.63, 3.8) is 0 Å². The topological polar surface area (TPSA) is 84.1 Å². The summed E-state index contributed by atoms with van der Waals surface area (Å²) in [6, 6.07) is 81.5. The largest absolute Gasteiger partial charge is 0.455 e. The Morgan fingerprint density at radius 1 is 0.316 bits per heavy atom. The van der Waals surface area contributed by atoms with E-state index in [2.05, 4.69) is 164 Å². The molecule has 0 N–H and O–H groups in total. The third-order valence-corrected chi connectivity index (χ3v) is 15.9. The summed E-state index contributed by atoms with van der Waals surface area (Å²) in [6.45, 7) is 9.53. The number of para-hydroxylation sites is 6. The van der Waals surface area contributed by atoms with Crippen LogP contribution in [0.1, 0.15) is 0 Å². The van der Waals surface area contributed by atoms with Crippen LogP contribution < -0.4 is 0 Å². The minimum atomic E-state index is 0.395. The number of nitrogens with zero attached hydrogens (tertiary/aromatic N) is 7. The third-order valence-electron chi connectivity index (χ3n) is 15.9. The fraction of sp³-hybridized carbons (Fsp3) is 0. The van der Waals surface area contributed by atoms with Crippen molar-refractivity contribution in [1.82, 2.24) is 28.7 Å². The van der Waals surface area contributed by atoms with Gasteiger partial charge in [-0.15, -0.1) is 0 Å². The van der Waals surface area contributed by atoms with Crippen LogP contribution >= 0.6 is 0 Å². The fourth-order valence-electron chi connectivity index (χ4n) is 12.6. The van der Waals surface area contributed by atoms with Gasteiger partial charge < -0.3 is 22.5 Å². The Labute approximate surface area is 449 Å². The minimum Gasteiger partial charge on any atom is -0.455 e. The number of fused-ring (bicyclic) bond motifs is 17. The van der Waals surface area contributed by atoms with Crippen LogP contribution in [0.5, 0.6) is 0 Å². The predicted molar refractivity (Wildman–Crippen MR) is 320 cm³/mol. The number of aromatic nitrogens is 6. The van der Waals surface area contributed by atoms with Gasteiger partial charge in [0.05, 0.1) is 67.5 Å². The van der Waals surface area contributed by atoms with E-state index in [1.807, 2.05) is 91.0 Å². The quantitative estimate of drug-likeness (QED) is 0.155. The van der Waals surface area contributed by atoms with E-state index < -0.39 is 0 Å². The second-order valence-corrected chi connectivity index (χ2v) is 20.1. The lowest BCUT2D eigenvalue weighted by Gasteiger charge is -2.26. The first-order valence-electron chi connectivity index (χ1n) is 26.3. The molecule has 0 aliphatic rings. The van der Waals surface area contributed by atoms with Crippen LogP contribution in [0.25, 0.3) is 165 Å². The summed E-state index contributed by atoms with van der Waals surface area (Å²) in [6.07, 6.45) is 0. The summed E-state index contributed by atoms with van der Waals surface area (Å²) in [5, 5.41) is 10.2. The van der Waals surface area contributed by atoms with Gasteiger partial charge in [-0.2, -0.15) is 0 Å². The lowest BCUT2D eigenvalue weighted by molar-refractivity contribution is 0.672. The molecule has 9 heteroatoms. The molecule has 366 valence electrons. The van der Waals surface area contributed by atoms with Crippen LogP contribution in [-0.2, 0) is 0 Å². The van der Waals surface area contributed by atoms with Gasteiger partial charge in [-0.1, -0.05) is 170 Å². The van der Waals surface area contributed by atoms with Crippen LogP contribution in [0, 0.1) is 6.57 Å². The monoisotopic (exact) mass is 1010 g/mol. The highest BCUT2D eigenvalue weighted by Gasteiger charge is 2.32. The zero-order valence-corrected chi connectivity index (χ0v) is 42.0. The van der Waals surface area contributed by atoms with E-state index >= 15 is 0 Å². The molecule has 0 aliphatic heterocycles. The Balaban J connectivity index is 1.14. The summed E-state index contributed by atoms with van der Waals surface area (Å²) < 4.78 is 20.9. The molecule has 6 aromatic heterocycles. The fourth-order valence-corrected chi connectivity index (χ4v) is 12.6. The van der Waals surface area contributed by atoms with Gasteiger partial charge in [-0.25, -0.2) is 19.8 Å². The SMILES string of the molecule is [C-]#[N+]c1cc(-c2nc(-c3ccccc3)nc(-c3ccccc3)n2)c(-n2c3ccccc3c3c4oc5ccccc5c4ccc32)c(-n2c3ccccc3c3ccccc32)c1-n1c2ccccc2c2c3oc4ccccc4c3ccc21. The molecular formula is C70H39N7O2. The van der Waals surface area contributed by atoms with Gasteiger partial charge in [0.1, 0.15) is 22.3 Å². The molecule has 0 saturated heterocycles. The summed E-state index contributed by atoms with van der Waals surface area (Å²) in [4.78, 5) is 20.8. The second kappa shape index (κ2) is 16.5. The highest BCUT2D eigenvalue weighted by molar-refractivity contribution is 6.26. The summed E-state index contributed by atoms with van der Waals surface area (Å²) in [5.41, 5.74) is 13.7. The average Bonchev–Trinajstić information content (AvgIpc) is 3.88. The van der Waals surface area contributed by atoms with Crippen molar-refractivity contribution >= 4 is 115 Å². The zero-order chi connectivity index (χ0) is 51.9. The molecule has 79 heavy (non-hydrogen) atoms. The standard InChI is InChI=1S/C70H39N7O2/c1-71-52-40-51(70-73-68(41-20-4-2-5-21-41)72-69(74-70)42-22-6-3-7-23-42)63(76-55-32-16-10-28-49(55)61-57(76)38-36-47-45-26-12-18-34-59(45)78-66(47)61)65(75-53-30-14-8-24-43(53)44-25-9-15-31-54(44)75)64(52)77-56-33-17-11-29-50(56)62-58(77)39-37-48-46-27-13-19-35-60(46)79-67(48)62/h2-40H. The second-order valence-electron chi connectivity index (χ2n) is 20.1. The van der Waals surface area contributed by atoms with Crippen LogP contribution in [0.3, 0.4) is 0 Å². The lowest BCUT2D eigenvalue weighted by Crippen LogP contribution is -2.12. The maximum atomic E-state index is 9.53. The summed E-state index contributed by atoms with van der Waals surface area (Å²) in [7, 11) is 0. The molecule has 0 saturated carbocycles. The zero-order valence-electron chi connectivity index (χ0n) is 42.0. The predicted octanol–water partition coefficient (Wildman–Crippen LogP) is 18.5. The van der Waals surface area contributed by atoms with E-state index in [0.29, 0.717) is 34.4 Å². The molecule has 0 spiro atoms. The highest BCUT2D eigenvalue weighted by atomic mass is 16.3. The molecule has 0 fully saturated rings. The van der Waals surface area contributed by atoms with Crippen molar-refractivity contribution in [2.24, 2.45) is 0 Å². The van der Waals surface area contributed by atoms with Crippen LogP contribution in [-0.4, -0.2) is 28.7 Å². The molecular weight excluding hydrogens is 971 g/mol. The molecule has 0 radical (unpaired) electrons. The molecule has 6 heterocycles. The van der Waals surface area contributed by atoms with Crippen molar-refractivity contribution in [3.8, 4) is 51.2 Å². The third kappa shape index (κ3) is 6.11. The maximum Gasteiger partial charge on any atom is 0.213 e. The van der Waals surface area contributed by atoms with E-state index in [1.54, 1.807) is 0 Å². The molecule has 0 unspecified atom stereocenters. The first kappa shape index (κ1) is 43.2. The van der Waals surface area contributed by atoms with Crippen molar-refractivity contribution in [1.29, 1.82) is 0 Å². The van der Waals surface area contributed by atoms with Gasteiger partial charge in [0.15, 0.2) is 17.5 Å². The van der Waals surface area contributed by atoms with Gasteiger partial charge in [-0.05, 0) is 66.7 Å². The Hall–Kier alpha value is -11.1. The molecule has 11 aromatic carbocycles. The van der Waals surface area contributed by atoms with E-state index in [4.69, 9.17) is 23.8 Å². The molecule has 0 aliphatic carbocycles. The van der Waals surface area contributed by atoms with E-state index in [9.17, 15) is 6.57 Å². The molecule has 9 nitrogen and oxygen atoms in total. The van der Waals surface area contributed by atoms with Crippen LogP contribution in [0.15, 0.2) is 245 Å². The normalized spacial score (nSPS) is 12.0. The smallest absolute Gasteiger partial charge is 0.213 e. The Bertz CT molecular complexity index is 5350. The molecule has 0 atom stereocenters. The molecule has 0 bridgehead atoms. The molecule has 0 amide bonds. The lowest BCUT2D eigenvalue weighted by atomic mass is 10.0. The van der Waals surface area contributed by atoms with Crippen molar-refractivity contribution in [2.45, 2.75) is 0 Å². The Morgan fingerprint density at radius 2 is 0.696 bits per heavy atom. The molecule has 17 aromatic rings. The van der Waals surface area contributed by atoms with Crippen molar-refractivity contribution in [3.05, 3.63) is 248 Å².